The highest BCUT2D eigenvalue weighted by molar-refractivity contribution is 7.80. The fraction of sp³-hybridized carbons (Fsp3) is 1.00. The van der Waals surface area contributed by atoms with Crippen molar-refractivity contribution in [1.29, 1.82) is 0 Å². The molecule has 0 amide bonds. The van der Waals surface area contributed by atoms with E-state index in [9.17, 15) is 69.7 Å². The fourth-order valence-electron chi connectivity index (χ4n) is 5.45. The van der Waals surface area contributed by atoms with Gasteiger partial charge >= 0.3 is 10.4 Å². The zero-order chi connectivity index (χ0) is 35.0. The van der Waals surface area contributed by atoms with E-state index >= 15 is 0 Å². The first-order valence-electron chi connectivity index (χ1n) is 14.2. The van der Waals surface area contributed by atoms with Crippen LogP contribution in [0.25, 0.3) is 0 Å². The highest BCUT2D eigenvalue weighted by atomic mass is 32.3. The van der Waals surface area contributed by atoms with Crippen LogP contribution in [0.1, 0.15) is 0 Å². The topological polar surface area (TPSA) is 371 Å². The van der Waals surface area contributed by atoms with E-state index in [2.05, 4.69) is 4.18 Å². The van der Waals surface area contributed by atoms with Gasteiger partial charge < -0.3 is 94.4 Å². The summed E-state index contributed by atoms with van der Waals surface area (Å²) in [6.45, 7) is -3.35. The lowest BCUT2D eigenvalue weighted by Gasteiger charge is -2.48. The molecule has 0 radical (unpaired) electrons. The van der Waals surface area contributed by atoms with Crippen LogP contribution in [0.4, 0.5) is 0 Å². The Bertz CT molecular complexity index is 1100. The summed E-state index contributed by atoms with van der Waals surface area (Å²) in [5.41, 5.74) is 0. The van der Waals surface area contributed by atoms with Gasteiger partial charge in [0.15, 0.2) is 25.2 Å². The van der Waals surface area contributed by atoms with Crippen LogP contribution in [-0.4, -0.2) is 217 Å². The molecule has 0 spiro atoms. The smallest absolute Gasteiger partial charge is 0.394 e. The second-order valence-electron chi connectivity index (χ2n) is 11.2. The van der Waals surface area contributed by atoms with Crippen molar-refractivity contribution in [3.8, 4) is 0 Å². The summed E-state index contributed by atoms with van der Waals surface area (Å²) in [4.78, 5) is 0. The molecule has 4 rings (SSSR count). The standard InChI is InChI=1S/C23H40O23S/c24-1-5-10(28)17(14(32)21(40-5)43-8-4-39-20(35)13(31)9(8)27)44-22-15(33)18(11(29)6(2-25)41-22)45-23-16(34)19(46-47(36,37)38)12(30)7(3-26)42-23/h5-35H,1-4H2,(H,36,37,38)/t5-,6-,7-,8-,9+,10+,11+,12-,13-,14-,15-,16-,17+,18+,19+,20?,21+,22+,23+/m1/s1. The third-order valence-corrected chi connectivity index (χ3v) is 8.51. The Balaban J connectivity index is 1.53. The van der Waals surface area contributed by atoms with Crippen LogP contribution in [-0.2, 0) is 47.7 Å². The maximum atomic E-state index is 11.3. The highest BCUT2D eigenvalue weighted by Crippen LogP contribution is 2.34. The molecule has 47 heavy (non-hydrogen) atoms. The number of hydrogen-bond acceptors (Lipinski definition) is 22. The van der Waals surface area contributed by atoms with Crippen LogP contribution in [0.15, 0.2) is 0 Å². The minimum absolute atomic E-state index is 0.497. The van der Waals surface area contributed by atoms with E-state index in [1.807, 2.05) is 0 Å². The van der Waals surface area contributed by atoms with Crippen molar-refractivity contribution in [1.82, 2.24) is 0 Å². The predicted octanol–water partition coefficient (Wildman–Crippen LogP) is -9.28. The van der Waals surface area contributed by atoms with Crippen LogP contribution < -0.4 is 0 Å². The van der Waals surface area contributed by atoms with Crippen molar-refractivity contribution in [2.75, 3.05) is 26.4 Å². The Hall–Kier alpha value is -0.890. The SMILES string of the molecule is O=S(=O)(O)O[C@@H]1[C@@H](O)[C@H](O[C@H]2[C@@H](O)[C@@H](CO)O[C@@H](O[C@H]3[C@@H](O)[C@@H](CO)O[C@@H](O[C@@H]4COC(O)[C@H](O)[C@H]4O)[C@@H]3O)[C@@H]2O)O[C@H](CO)[C@H]1O. The molecule has 0 aromatic rings. The number of aliphatic hydroxyl groups is 12. The third-order valence-electron chi connectivity index (χ3n) is 8.04. The molecular weight excluding hydrogens is 676 g/mol. The Morgan fingerprint density at radius 1 is 0.532 bits per heavy atom. The monoisotopic (exact) mass is 716 g/mol. The molecule has 276 valence electrons. The molecule has 0 aromatic carbocycles. The van der Waals surface area contributed by atoms with Gasteiger partial charge in [0, 0.05) is 0 Å². The molecule has 1 unspecified atom stereocenters. The van der Waals surface area contributed by atoms with Gasteiger partial charge in [-0.25, -0.2) is 4.18 Å². The van der Waals surface area contributed by atoms with E-state index in [0.717, 1.165) is 0 Å². The Labute approximate surface area is 265 Å². The molecule has 4 aliphatic heterocycles. The van der Waals surface area contributed by atoms with Crippen LogP contribution in [0.3, 0.4) is 0 Å². The Morgan fingerprint density at radius 3 is 1.32 bits per heavy atom. The van der Waals surface area contributed by atoms with E-state index in [1.165, 1.54) is 0 Å². The van der Waals surface area contributed by atoms with Gasteiger partial charge in [-0.1, -0.05) is 0 Å². The van der Waals surface area contributed by atoms with Gasteiger partial charge in [0.25, 0.3) is 0 Å². The lowest BCUT2D eigenvalue weighted by Crippen LogP contribution is -2.67. The molecule has 0 aliphatic carbocycles. The van der Waals surface area contributed by atoms with Gasteiger partial charge in [-0.05, 0) is 0 Å². The van der Waals surface area contributed by atoms with Crippen molar-refractivity contribution in [2.24, 2.45) is 0 Å². The number of ether oxygens (including phenoxy) is 7. The molecule has 4 saturated heterocycles. The van der Waals surface area contributed by atoms with E-state index in [0.29, 0.717) is 0 Å². The molecule has 24 heteroatoms. The van der Waals surface area contributed by atoms with Crippen molar-refractivity contribution in [2.45, 2.75) is 117 Å². The fourth-order valence-corrected chi connectivity index (χ4v) is 5.96. The Morgan fingerprint density at radius 2 is 0.915 bits per heavy atom. The maximum absolute atomic E-state index is 11.3. The predicted molar refractivity (Wildman–Crippen MR) is 138 cm³/mol. The average Bonchev–Trinajstić information content (AvgIpc) is 3.02. The summed E-state index contributed by atoms with van der Waals surface area (Å²) >= 11 is 0. The van der Waals surface area contributed by atoms with Gasteiger partial charge in [-0.2, -0.15) is 8.42 Å². The summed E-state index contributed by atoms with van der Waals surface area (Å²) in [5.74, 6) is 0. The van der Waals surface area contributed by atoms with Gasteiger partial charge in [0.05, 0.1) is 26.4 Å². The first-order valence-corrected chi connectivity index (χ1v) is 15.5. The largest absolute Gasteiger partial charge is 0.397 e. The molecule has 0 saturated carbocycles. The highest BCUT2D eigenvalue weighted by Gasteiger charge is 2.55. The molecule has 4 aliphatic rings. The van der Waals surface area contributed by atoms with Gasteiger partial charge in [-0.15, -0.1) is 0 Å². The second kappa shape index (κ2) is 16.0. The van der Waals surface area contributed by atoms with Crippen molar-refractivity contribution in [3.05, 3.63) is 0 Å². The van der Waals surface area contributed by atoms with E-state index in [4.69, 9.17) is 37.7 Å². The summed E-state index contributed by atoms with van der Waals surface area (Å²) < 4.78 is 73.4. The second-order valence-corrected chi connectivity index (χ2v) is 12.2. The van der Waals surface area contributed by atoms with Crippen LogP contribution in [0.2, 0.25) is 0 Å². The summed E-state index contributed by atoms with van der Waals surface area (Å²) in [6.07, 6.45) is -35.8. The minimum Gasteiger partial charge on any atom is -0.394 e. The molecule has 4 fully saturated rings. The molecule has 4 heterocycles. The molecule has 13 N–H and O–H groups in total. The van der Waals surface area contributed by atoms with Crippen molar-refractivity contribution < 1.29 is 112 Å². The quantitative estimate of drug-likeness (QED) is 0.0882. The maximum Gasteiger partial charge on any atom is 0.397 e. The molecule has 19 atom stereocenters. The van der Waals surface area contributed by atoms with Crippen LogP contribution in [0.5, 0.6) is 0 Å². The number of aliphatic hydroxyl groups excluding tert-OH is 12. The minimum atomic E-state index is -5.29. The van der Waals surface area contributed by atoms with E-state index < -0.39 is 154 Å². The third kappa shape index (κ3) is 8.53. The van der Waals surface area contributed by atoms with Gasteiger partial charge in [-0.3, -0.25) is 4.55 Å². The zero-order valence-electron chi connectivity index (χ0n) is 24.1. The molecule has 0 aromatic heterocycles. The lowest BCUT2D eigenvalue weighted by molar-refractivity contribution is -0.386. The first-order chi connectivity index (χ1) is 22.0. The lowest BCUT2D eigenvalue weighted by atomic mass is 9.96. The molecular formula is C23H40O23S. The zero-order valence-corrected chi connectivity index (χ0v) is 24.9. The van der Waals surface area contributed by atoms with E-state index in [1.54, 1.807) is 0 Å². The molecule has 0 bridgehead atoms. The molecule has 23 nitrogen and oxygen atoms in total. The normalized spacial score (nSPS) is 49.9. The van der Waals surface area contributed by atoms with Crippen molar-refractivity contribution >= 4 is 10.4 Å². The number of rotatable bonds is 11. The van der Waals surface area contributed by atoms with Crippen LogP contribution in [0, 0.1) is 0 Å². The first kappa shape index (κ1) is 38.9. The Kier molecular flexibility index (Phi) is 13.2. The summed E-state index contributed by atoms with van der Waals surface area (Å²) in [5, 5.41) is 123. The van der Waals surface area contributed by atoms with Crippen LogP contribution >= 0.6 is 0 Å². The van der Waals surface area contributed by atoms with E-state index in [-0.39, 0.29) is 0 Å². The van der Waals surface area contributed by atoms with Gasteiger partial charge in [0.1, 0.15) is 91.6 Å². The van der Waals surface area contributed by atoms with Gasteiger partial charge in [0.2, 0.25) is 0 Å². The van der Waals surface area contributed by atoms with Crippen molar-refractivity contribution in [3.63, 3.8) is 0 Å². The summed E-state index contributed by atoms with van der Waals surface area (Å²) in [7, 11) is -5.29. The average molecular weight is 717 g/mol. The summed E-state index contributed by atoms with van der Waals surface area (Å²) in [6, 6.07) is 0. The number of hydrogen-bond donors (Lipinski definition) is 13.